The van der Waals surface area contributed by atoms with Gasteiger partial charge in [0.2, 0.25) is 0 Å². The molecule has 2 aromatic rings. The van der Waals surface area contributed by atoms with Gasteiger partial charge in [-0.15, -0.1) is 0 Å². The molecule has 1 heterocycles. The first-order chi connectivity index (χ1) is 7.22. The molecule has 0 saturated carbocycles. The molecular weight excluding hydrogens is 182 g/mol. The average molecular weight is 199 g/mol. The highest BCUT2D eigenvalue weighted by atomic mass is 14.6. The molecule has 0 atom stereocenters. The van der Waals surface area contributed by atoms with Crippen molar-refractivity contribution in [3.8, 4) is 0 Å². The highest BCUT2D eigenvalue weighted by Gasteiger charge is 2.06. The maximum absolute atomic E-state index is 4.43. The first-order valence-corrected chi connectivity index (χ1v) is 5.60. The number of nitrogens with zero attached hydrogens (tertiary/aromatic N) is 1. The maximum Gasteiger partial charge on any atom is 0.0707 e. The lowest BCUT2D eigenvalue weighted by molar-refractivity contribution is 0.872. The normalized spacial score (nSPS) is 11.2. The van der Waals surface area contributed by atoms with Crippen molar-refractivity contribution < 1.29 is 0 Å². The van der Waals surface area contributed by atoms with Crippen molar-refractivity contribution in [3.05, 3.63) is 41.6 Å². The number of hydrogen-bond acceptors (Lipinski definition) is 1. The van der Waals surface area contributed by atoms with Crippen LogP contribution in [0, 0.1) is 0 Å². The lowest BCUT2D eigenvalue weighted by Gasteiger charge is -2.11. The topological polar surface area (TPSA) is 12.9 Å². The molecule has 1 heteroatoms. The summed E-state index contributed by atoms with van der Waals surface area (Å²) in [5.74, 6) is 0.559. The van der Waals surface area contributed by atoms with Crippen LogP contribution in [0.4, 0.5) is 0 Å². The lowest BCUT2D eigenvalue weighted by atomic mass is 9.95. The zero-order chi connectivity index (χ0) is 10.8. The minimum Gasteiger partial charge on any atom is -0.256 e. The van der Waals surface area contributed by atoms with Crippen LogP contribution in [0.3, 0.4) is 0 Å². The third-order valence-corrected chi connectivity index (χ3v) is 2.84. The minimum absolute atomic E-state index is 0.559. The second-order valence-electron chi connectivity index (χ2n) is 4.26. The van der Waals surface area contributed by atoms with Gasteiger partial charge in [0.1, 0.15) is 0 Å². The van der Waals surface area contributed by atoms with E-state index in [1.54, 1.807) is 0 Å². The molecule has 1 nitrogen and oxygen atoms in total. The van der Waals surface area contributed by atoms with E-state index in [9.17, 15) is 0 Å². The molecule has 0 unspecified atom stereocenters. The zero-order valence-electron chi connectivity index (χ0n) is 9.62. The average Bonchev–Trinajstić information content (AvgIpc) is 2.27. The lowest BCUT2D eigenvalue weighted by Crippen LogP contribution is -1.93. The van der Waals surface area contributed by atoms with Gasteiger partial charge in [0, 0.05) is 11.6 Å². The highest BCUT2D eigenvalue weighted by Crippen LogP contribution is 2.25. The van der Waals surface area contributed by atoms with Gasteiger partial charge in [-0.2, -0.15) is 0 Å². The SMILES string of the molecule is CCc1cc(C(C)C)c2cccnc2c1. The number of aryl methyl sites for hydroxylation is 1. The third-order valence-electron chi connectivity index (χ3n) is 2.84. The van der Waals surface area contributed by atoms with E-state index in [2.05, 4.69) is 44.0 Å². The maximum atomic E-state index is 4.43. The number of fused-ring (bicyclic) bond motifs is 1. The molecule has 2 rings (SSSR count). The monoisotopic (exact) mass is 199 g/mol. The van der Waals surface area contributed by atoms with Crippen LogP contribution in [0.5, 0.6) is 0 Å². The summed E-state index contributed by atoms with van der Waals surface area (Å²) in [6.45, 7) is 6.66. The molecule has 0 aliphatic heterocycles. The van der Waals surface area contributed by atoms with Gasteiger partial charge in [-0.25, -0.2) is 0 Å². The van der Waals surface area contributed by atoms with Crippen LogP contribution < -0.4 is 0 Å². The summed E-state index contributed by atoms with van der Waals surface area (Å²) in [6, 6.07) is 8.69. The molecule has 0 aliphatic carbocycles. The highest BCUT2D eigenvalue weighted by molar-refractivity contribution is 5.83. The molecule has 1 aromatic heterocycles. The molecule has 0 spiro atoms. The Morgan fingerprint density at radius 1 is 1.27 bits per heavy atom. The summed E-state index contributed by atoms with van der Waals surface area (Å²) in [5.41, 5.74) is 3.92. The molecule has 0 saturated heterocycles. The van der Waals surface area contributed by atoms with Crippen LogP contribution in [0.1, 0.15) is 37.8 Å². The Labute approximate surface area is 91.2 Å². The Hall–Kier alpha value is -1.37. The van der Waals surface area contributed by atoms with E-state index in [1.807, 2.05) is 12.3 Å². The van der Waals surface area contributed by atoms with E-state index in [4.69, 9.17) is 0 Å². The minimum atomic E-state index is 0.559. The first kappa shape index (κ1) is 10.2. The van der Waals surface area contributed by atoms with Crippen LogP contribution in [0.15, 0.2) is 30.5 Å². The Balaban J connectivity index is 2.74. The van der Waals surface area contributed by atoms with E-state index >= 15 is 0 Å². The van der Waals surface area contributed by atoms with Crippen molar-refractivity contribution in [2.75, 3.05) is 0 Å². The fraction of sp³-hybridized carbons (Fsp3) is 0.357. The fourth-order valence-electron chi connectivity index (χ4n) is 1.95. The third kappa shape index (κ3) is 1.87. The van der Waals surface area contributed by atoms with Gasteiger partial charge in [0.25, 0.3) is 0 Å². The molecular formula is C14H17N. The van der Waals surface area contributed by atoms with Gasteiger partial charge < -0.3 is 0 Å². The number of rotatable bonds is 2. The van der Waals surface area contributed by atoms with Gasteiger partial charge in [-0.05, 0) is 35.6 Å². The smallest absolute Gasteiger partial charge is 0.0707 e. The number of hydrogen-bond donors (Lipinski definition) is 0. The summed E-state index contributed by atoms with van der Waals surface area (Å²) in [5, 5.41) is 1.30. The Kier molecular flexibility index (Phi) is 2.72. The van der Waals surface area contributed by atoms with Crippen LogP contribution >= 0.6 is 0 Å². The summed E-state index contributed by atoms with van der Waals surface area (Å²) in [6.07, 6.45) is 2.94. The predicted molar refractivity (Wildman–Crippen MR) is 65.2 cm³/mol. The van der Waals surface area contributed by atoms with Crippen molar-refractivity contribution in [3.63, 3.8) is 0 Å². The Bertz CT molecular complexity index is 472. The van der Waals surface area contributed by atoms with Crippen LogP contribution in [-0.2, 0) is 6.42 Å². The quantitative estimate of drug-likeness (QED) is 0.714. The molecule has 0 aliphatic rings. The molecule has 0 N–H and O–H groups in total. The largest absolute Gasteiger partial charge is 0.256 e. The molecule has 78 valence electrons. The number of pyridine rings is 1. The first-order valence-electron chi connectivity index (χ1n) is 5.60. The van der Waals surface area contributed by atoms with Gasteiger partial charge in [-0.1, -0.05) is 32.9 Å². The molecule has 0 fully saturated rings. The Morgan fingerprint density at radius 2 is 2.07 bits per heavy atom. The number of aromatic nitrogens is 1. The summed E-state index contributed by atoms with van der Waals surface area (Å²) < 4.78 is 0. The van der Waals surface area contributed by atoms with Gasteiger partial charge in [-0.3, -0.25) is 4.98 Å². The zero-order valence-corrected chi connectivity index (χ0v) is 9.62. The summed E-state index contributed by atoms with van der Waals surface area (Å²) >= 11 is 0. The van der Waals surface area contributed by atoms with Crippen LogP contribution in [-0.4, -0.2) is 4.98 Å². The van der Waals surface area contributed by atoms with Crippen molar-refractivity contribution >= 4 is 10.9 Å². The molecule has 0 amide bonds. The van der Waals surface area contributed by atoms with Gasteiger partial charge in [0.05, 0.1) is 5.52 Å². The van der Waals surface area contributed by atoms with E-state index in [1.165, 1.54) is 16.5 Å². The summed E-state index contributed by atoms with van der Waals surface area (Å²) in [4.78, 5) is 4.43. The van der Waals surface area contributed by atoms with Crippen molar-refractivity contribution in [1.82, 2.24) is 4.98 Å². The van der Waals surface area contributed by atoms with Gasteiger partial charge >= 0.3 is 0 Å². The second kappa shape index (κ2) is 4.01. The molecule has 1 aromatic carbocycles. The number of benzene rings is 1. The molecule has 15 heavy (non-hydrogen) atoms. The van der Waals surface area contributed by atoms with E-state index < -0.39 is 0 Å². The van der Waals surface area contributed by atoms with E-state index in [0.717, 1.165) is 11.9 Å². The summed E-state index contributed by atoms with van der Waals surface area (Å²) in [7, 11) is 0. The molecule has 0 radical (unpaired) electrons. The van der Waals surface area contributed by atoms with Crippen molar-refractivity contribution in [1.29, 1.82) is 0 Å². The van der Waals surface area contributed by atoms with Crippen LogP contribution in [0.2, 0.25) is 0 Å². The fourth-order valence-corrected chi connectivity index (χ4v) is 1.95. The van der Waals surface area contributed by atoms with Crippen LogP contribution in [0.25, 0.3) is 10.9 Å². The predicted octanol–water partition coefficient (Wildman–Crippen LogP) is 3.92. The standard InChI is InChI=1S/C14H17N/c1-4-11-8-13(10(2)3)12-6-5-7-15-14(12)9-11/h5-10H,4H2,1-3H3. The van der Waals surface area contributed by atoms with Crippen molar-refractivity contribution in [2.45, 2.75) is 33.1 Å². The Morgan fingerprint density at radius 3 is 2.73 bits per heavy atom. The second-order valence-corrected chi connectivity index (χ2v) is 4.26. The van der Waals surface area contributed by atoms with E-state index in [0.29, 0.717) is 5.92 Å². The van der Waals surface area contributed by atoms with Crippen molar-refractivity contribution in [2.24, 2.45) is 0 Å². The molecule has 0 bridgehead atoms. The van der Waals surface area contributed by atoms with E-state index in [-0.39, 0.29) is 0 Å². The van der Waals surface area contributed by atoms with Gasteiger partial charge in [0.15, 0.2) is 0 Å².